The Bertz CT molecular complexity index is 306. The normalized spacial score (nSPS) is 11.1. The number of hydrogen-bond donors (Lipinski definition) is 3. The Kier molecular flexibility index (Phi) is 8.14. The number of rotatable bonds is 3. The highest BCUT2D eigenvalue weighted by atomic mass is 31.2. The molecule has 2 atom stereocenters. The highest BCUT2D eigenvalue weighted by molar-refractivity contribution is 7.46. The Balaban J connectivity index is 0.000000265. The van der Waals surface area contributed by atoms with Gasteiger partial charge in [-0.3, -0.25) is 0 Å². The van der Waals surface area contributed by atoms with Gasteiger partial charge in [0.25, 0.3) is 0 Å². The smallest absolute Gasteiger partial charge is 0.326 e. The minimum atomic E-state index is -2.92. The van der Waals surface area contributed by atoms with Crippen LogP contribution in [0.1, 0.15) is 5.56 Å². The summed E-state index contributed by atoms with van der Waals surface area (Å²) in [6, 6.07) is 9.99. The van der Waals surface area contributed by atoms with Crippen LogP contribution in [0.2, 0.25) is 0 Å². The molecule has 8 heteroatoms. The quantitative estimate of drug-likeness (QED) is 0.701. The van der Waals surface area contributed by atoms with E-state index < -0.39 is 16.5 Å². The summed E-state index contributed by atoms with van der Waals surface area (Å²) in [6.07, 6.45) is 0. The molecular weight excluding hydrogens is 240 g/mol. The molecule has 0 saturated heterocycles. The Labute approximate surface area is 88.6 Å². The van der Waals surface area contributed by atoms with Crippen molar-refractivity contribution < 1.29 is 23.2 Å². The maximum absolute atomic E-state index is 9.39. The first-order chi connectivity index (χ1) is 7.06. The van der Waals surface area contributed by atoms with Gasteiger partial charge in [-0.1, -0.05) is 30.3 Å². The first-order valence-electron chi connectivity index (χ1n) is 3.80. The summed E-state index contributed by atoms with van der Waals surface area (Å²) in [4.78, 5) is 15.3. The van der Waals surface area contributed by atoms with Gasteiger partial charge in [-0.15, -0.1) is 9.79 Å². The van der Waals surface area contributed by atoms with Crippen molar-refractivity contribution in [2.24, 2.45) is 5.73 Å². The first kappa shape index (κ1) is 14.3. The SMILES string of the molecule is NCc1ccccc1.O=[P+](O)O[P+](=O)O. The predicted molar refractivity (Wildman–Crippen MR) is 55.1 cm³/mol. The molecule has 4 N–H and O–H groups in total. The molecule has 0 heterocycles. The zero-order valence-electron chi connectivity index (χ0n) is 7.68. The standard InChI is InChI=1S/C7H9N.O5P2/c8-6-7-4-2-1-3-5-7;1-6(2)5-7(3)4/h1-5H,6,8H2;/p+2. The van der Waals surface area contributed by atoms with E-state index in [1.165, 1.54) is 5.56 Å². The van der Waals surface area contributed by atoms with Crippen LogP contribution in [0.15, 0.2) is 30.3 Å². The predicted octanol–water partition coefficient (Wildman–Crippen LogP) is 1.45. The van der Waals surface area contributed by atoms with E-state index in [-0.39, 0.29) is 0 Å². The maximum Gasteiger partial charge on any atom is 0.745 e. The van der Waals surface area contributed by atoms with Crippen LogP contribution in [0.4, 0.5) is 0 Å². The molecule has 6 nitrogen and oxygen atoms in total. The zero-order valence-corrected chi connectivity index (χ0v) is 9.47. The molecule has 0 spiro atoms. The fourth-order valence-corrected chi connectivity index (χ4v) is 1.15. The fourth-order valence-electron chi connectivity index (χ4n) is 0.674. The van der Waals surface area contributed by atoms with Crippen LogP contribution in [0.25, 0.3) is 0 Å². The van der Waals surface area contributed by atoms with Gasteiger partial charge in [-0.25, -0.2) is 0 Å². The number of hydrogen-bond acceptors (Lipinski definition) is 4. The summed E-state index contributed by atoms with van der Waals surface area (Å²) < 4.78 is 22.2. The highest BCUT2D eigenvalue weighted by Crippen LogP contribution is 2.30. The van der Waals surface area contributed by atoms with Crippen LogP contribution in [-0.4, -0.2) is 9.79 Å². The summed E-state index contributed by atoms with van der Waals surface area (Å²) in [5.74, 6) is 0. The maximum atomic E-state index is 9.39. The Morgan fingerprint density at radius 2 is 1.60 bits per heavy atom. The summed E-state index contributed by atoms with van der Waals surface area (Å²) in [6.45, 7) is 0.640. The molecule has 0 radical (unpaired) electrons. The van der Waals surface area contributed by atoms with Gasteiger partial charge in [-0.2, -0.15) is 0 Å². The van der Waals surface area contributed by atoms with Crippen LogP contribution in [-0.2, 0) is 20.0 Å². The topological polar surface area (TPSA) is 110 Å². The fraction of sp³-hybridized carbons (Fsp3) is 0.143. The van der Waals surface area contributed by atoms with Gasteiger partial charge >= 0.3 is 16.5 Å². The molecule has 82 valence electrons. The Morgan fingerprint density at radius 1 is 1.13 bits per heavy atom. The van der Waals surface area contributed by atoms with Crippen molar-refractivity contribution in [1.29, 1.82) is 0 Å². The summed E-state index contributed by atoms with van der Waals surface area (Å²) in [5.41, 5.74) is 6.54. The average molecular weight is 251 g/mol. The van der Waals surface area contributed by atoms with E-state index >= 15 is 0 Å². The summed E-state index contributed by atoms with van der Waals surface area (Å²) >= 11 is 0. The number of nitrogens with two attached hydrogens (primary N) is 1. The molecule has 0 saturated carbocycles. The van der Waals surface area contributed by atoms with E-state index in [0.717, 1.165) is 0 Å². The second-order valence-electron chi connectivity index (χ2n) is 2.25. The summed E-state index contributed by atoms with van der Waals surface area (Å²) in [5, 5.41) is 0. The lowest BCUT2D eigenvalue weighted by molar-refractivity contribution is 0.371. The highest BCUT2D eigenvalue weighted by Gasteiger charge is 2.31. The van der Waals surface area contributed by atoms with Gasteiger partial charge in [0.1, 0.15) is 0 Å². The van der Waals surface area contributed by atoms with E-state index in [0.29, 0.717) is 6.54 Å². The van der Waals surface area contributed by atoms with E-state index in [4.69, 9.17) is 15.5 Å². The van der Waals surface area contributed by atoms with Crippen molar-refractivity contribution in [3.8, 4) is 0 Å². The third-order valence-corrected chi connectivity index (χ3v) is 2.34. The van der Waals surface area contributed by atoms with Gasteiger partial charge in [0.15, 0.2) is 4.31 Å². The van der Waals surface area contributed by atoms with Crippen molar-refractivity contribution in [3.05, 3.63) is 35.9 Å². The lowest BCUT2D eigenvalue weighted by atomic mass is 10.2. The molecule has 0 aliphatic rings. The molecular formula is C7H11NO5P2+2. The van der Waals surface area contributed by atoms with Crippen LogP contribution < -0.4 is 5.73 Å². The monoisotopic (exact) mass is 251 g/mol. The molecule has 0 aliphatic carbocycles. The van der Waals surface area contributed by atoms with Gasteiger partial charge in [-0.05, 0) is 5.56 Å². The minimum Gasteiger partial charge on any atom is -0.326 e. The van der Waals surface area contributed by atoms with Gasteiger partial charge in [0.05, 0.1) is 0 Å². The van der Waals surface area contributed by atoms with E-state index in [1.54, 1.807) is 0 Å². The molecule has 1 rings (SSSR count). The average Bonchev–Trinajstić information content (AvgIpc) is 2.18. The van der Waals surface area contributed by atoms with Crippen LogP contribution in [0.5, 0.6) is 0 Å². The van der Waals surface area contributed by atoms with Crippen molar-refractivity contribution in [2.75, 3.05) is 0 Å². The molecule has 0 fully saturated rings. The minimum absolute atomic E-state index is 0.640. The number of benzene rings is 1. The van der Waals surface area contributed by atoms with E-state index in [2.05, 4.69) is 4.31 Å². The van der Waals surface area contributed by atoms with Crippen LogP contribution in [0.3, 0.4) is 0 Å². The van der Waals surface area contributed by atoms with Gasteiger partial charge in [0, 0.05) is 15.7 Å². The van der Waals surface area contributed by atoms with Crippen molar-refractivity contribution in [2.45, 2.75) is 6.54 Å². The molecule has 1 aromatic carbocycles. The molecule has 0 aliphatic heterocycles. The molecule has 2 unspecified atom stereocenters. The Hall–Kier alpha value is -0.740. The zero-order chi connectivity index (χ0) is 11.7. The van der Waals surface area contributed by atoms with Crippen LogP contribution in [0, 0.1) is 0 Å². The summed E-state index contributed by atoms with van der Waals surface area (Å²) in [7, 11) is -5.85. The molecule has 1 aromatic rings. The Morgan fingerprint density at radius 3 is 1.80 bits per heavy atom. The second kappa shape index (κ2) is 8.56. The third-order valence-electron chi connectivity index (χ3n) is 1.22. The van der Waals surface area contributed by atoms with Crippen LogP contribution >= 0.6 is 16.5 Å². The van der Waals surface area contributed by atoms with Gasteiger partial charge in [0.2, 0.25) is 0 Å². The van der Waals surface area contributed by atoms with Crippen molar-refractivity contribution in [3.63, 3.8) is 0 Å². The molecule has 0 amide bonds. The molecule has 0 aromatic heterocycles. The van der Waals surface area contributed by atoms with Gasteiger partial charge < -0.3 is 5.73 Å². The largest absolute Gasteiger partial charge is 0.745 e. The molecule has 0 bridgehead atoms. The lowest BCUT2D eigenvalue weighted by Crippen LogP contribution is -1.94. The second-order valence-corrected chi connectivity index (χ2v) is 3.85. The third kappa shape index (κ3) is 9.56. The van der Waals surface area contributed by atoms with Crippen molar-refractivity contribution in [1.82, 2.24) is 0 Å². The lowest BCUT2D eigenvalue weighted by Gasteiger charge is -1.90. The van der Waals surface area contributed by atoms with Crippen molar-refractivity contribution >= 4 is 16.5 Å². The molecule has 15 heavy (non-hydrogen) atoms. The van der Waals surface area contributed by atoms with E-state index in [9.17, 15) is 9.13 Å². The first-order valence-corrected chi connectivity index (χ1v) is 6.06. The van der Waals surface area contributed by atoms with E-state index in [1.807, 2.05) is 30.3 Å².